The Labute approximate surface area is 120 Å². The van der Waals surface area contributed by atoms with Crippen LogP contribution in [0.3, 0.4) is 0 Å². The Morgan fingerprint density at radius 2 is 1.65 bits per heavy atom. The van der Waals surface area contributed by atoms with Crippen molar-refractivity contribution < 1.29 is 19.5 Å². The third kappa shape index (κ3) is 5.19. The van der Waals surface area contributed by atoms with E-state index < -0.39 is 23.2 Å². The molecule has 2 amide bonds. The lowest BCUT2D eigenvalue weighted by Crippen LogP contribution is -2.48. The molecule has 6 heteroatoms. The normalized spacial score (nSPS) is 12.7. The van der Waals surface area contributed by atoms with Gasteiger partial charge in [-0.3, -0.25) is 14.4 Å². The van der Waals surface area contributed by atoms with Gasteiger partial charge in [0.1, 0.15) is 5.92 Å². The molecule has 1 N–H and O–H groups in total. The molecule has 0 aromatic carbocycles. The largest absolute Gasteiger partial charge is 0.481 e. The summed E-state index contributed by atoms with van der Waals surface area (Å²) in [5.74, 6) is -3.02. The molecule has 0 aliphatic rings. The quantitative estimate of drug-likeness (QED) is 0.741. The summed E-state index contributed by atoms with van der Waals surface area (Å²) in [5, 5.41) is 9.30. The molecule has 0 aromatic heterocycles. The van der Waals surface area contributed by atoms with Crippen LogP contribution in [0.25, 0.3) is 0 Å². The highest BCUT2D eigenvalue weighted by Gasteiger charge is 2.40. The standard InChI is InChI=1S/C14H26N2O4/c1-7-8-16(9-10(17)15(5)6)12(18)11(13(19)20)14(2,3)4/h11H,7-9H2,1-6H3,(H,19,20). The van der Waals surface area contributed by atoms with Gasteiger partial charge in [0, 0.05) is 20.6 Å². The first-order valence-corrected chi connectivity index (χ1v) is 6.74. The van der Waals surface area contributed by atoms with Gasteiger partial charge in [0.15, 0.2) is 0 Å². The Balaban J connectivity index is 5.21. The molecule has 0 aromatic rings. The van der Waals surface area contributed by atoms with E-state index >= 15 is 0 Å². The molecule has 0 heterocycles. The second-order valence-corrected chi connectivity index (χ2v) is 6.19. The van der Waals surface area contributed by atoms with Gasteiger partial charge >= 0.3 is 5.97 Å². The molecule has 0 saturated carbocycles. The molecular weight excluding hydrogens is 260 g/mol. The zero-order chi connectivity index (χ0) is 16.1. The predicted octanol–water partition coefficient (Wildman–Crippen LogP) is 1.06. The number of carboxylic acids is 1. The van der Waals surface area contributed by atoms with Gasteiger partial charge in [0.05, 0.1) is 6.54 Å². The van der Waals surface area contributed by atoms with E-state index in [0.29, 0.717) is 13.0 Å². The summed E-state index contributed by atoms with van der Waals surface area (Å²) in [6.07, 6.45) is 0.670. The van der Waals surface area contributed by atoms with E-state index in [4.69, 9.17) is 0 Å². The van der Waals surface area contributed by atoms with Crippen LogP contribution in [0.15, 0.2) is 0 Å². The van der Waals surface area contributed by atoms with Gasteiger partial charge in [-0.15, -0.1) is 0 Å². The van der Waals surface area contributed by atoms with Crippen molar-refractivity contribution in [2.24, 2.45) is 11.3 Å². The molecular formula is C14H26N2O4. The van der Waals surface area contributed by atoms with Gasteiger partial charge in [0.25, 0.3) is 0 Å². The van der Waals surface area contributed by atoms with Crippen LogP contribution in [0, 0.1) is 11.3 Å². The third-order valence-corrected chi connectivity index (χ3v) is 2.99. The number of nitrogens with zero attached hydrogens (tertiary/aromatic N) is 2. The minimum atomic E-state index is -1.15. The highest BCUT2D eigenvalue weighted by molar-refractivity contribution is 5.99. The van der Waals surface area contributed by atoms with E-state index in [9.17, 15) is 19.5 Å². The van der Waals surface area contributed by atoms with Crippen LogP contribution in [0.2, 0.25) is 0 Å². The molecule has 0 fully saturated rings. The van der Waals surface area contributed by atoms with Crippen molar-refractivity contribution in [1.82, 2.24) is 9.80 Å². The lowest BCUT2D eigenvalue weighted by Gasteiger charge is -2.32. The Hall–Kier alpha value is -1.59. The maximum atomic E-state index is 12.5. The number of likely N-dealkylation sites (N-methyl/N-ethyl adjacent to an activating group) is 1. The van der Waals surface area contributed by atoms with E-state index in [1.54, 1.807) is 34.9 Å². The van der Waals surface area contributed by atoms with E-state index in [2.05, 4.69) is 0 Å². The number of aliphatic carboxylic acids is 1. The Morgan fingerprint density at radius 1 is 1.15 bits per heavy atom. The topological polar surface area (TPSA) is 77.9 Å². The lowest BCUT2D eigenvalue weighted by molar-refractivity contribution is -0.157. The van der Waals surface area contributed by atoms with Crippen LogP contribution in [0.5, 0.6) is 0 Å². The summed E-state index contributed by atoms with van der Waals surface area (Å²) >= 11 is 0. The van der Waals surface area contributed by atoms with Crippen LogP contribution < -0.4 is 0 Å². The molecule has 1 atom stereocenters. The van der Waals surface area contributed by atoms with E-state index in [1.807, 2.05) is 6.92 Å². The van der Waals surface area contributed by atoms with Gasteiger partial charge < -0.3 is 14.9 Å². The SMILES string of the molecule is CCCN(CC(=O)N(C)C)C(=O)C(C(=O)O)C(C)(C)C. The van der Waals surface area contributed by atoms with Gasteiger partial charge in [-0.05, 0) is 11.8 Å². The van der Waals surface area contributed by atoms with Crippen LogP contribution in [-0.2, 0) is 14.4 Å². The summed E-state index contributed by atoms with van der Waals surface area (Å²) in [6.45, 7) is 7.30. The summed E-state index contributed by atoms with van der Waals surface area (Å²) in [6, 6.07) is 0. The average molecular weight is 286 g/mol. The monoisotopic (exact) mass is 286 g/mol. The van der Waals surface area contributed by atoms with Gasteiger partial charge in [0.2, 0.25) is 11.8 Å². The van der Waals surface area contributed by atoms with Crippen molar-refractivity contribution in [2.45, 2.75) is 34.1 Å². The van der Waals surface area contributed by atoms with Crippen molar-refractivity contribution in [3.63, 3.8) is 0 Å². The minimum Gasteiger partial charge on any atom is -0.481 e. The number of rotatable bonds is 6. The number of hydrogen-bond acceptors (Lipinski definition) is 3. The number of carboxylic acid groups (broad SMARTS) is 1. The van der Waals surface area contributed by atoms with Crippen molar-refractivity contribution in [3.8, 4) is 0 Å². The molecule has 20 heavy (non-hydrogen) atoms. The number of carbonyl (C=O) groups excluding carboxylic acids is 2. The first kappa shape index (κ1) is 18.4. The fraction of sp³-hybridized carbons (Fsp3) is 0.786. The Bertz CT molecular complexity index is 372. The van der Waals surface area contributed by atoms with Crippen molar-refractivity contribution >= 4 is 17.8 Å². The van der Waals surface area contributed by atoms with Crippen molar-refractivity contribution in [2.75, 3.05) is 27.2 Å². The van der Waals surface area contributed by atoms with E-state index in [1.165, 1.54) is 9.80 Å². The first-order chi connectivity index (χ1) is 9.02. The number of hydrogen-bond donors (Lipinski definition) is 1. The fourth-order valence-electron chi connectivity index (χ4n) is 1.87. The highest BCUT2D eigenvalue weighted by atomic mass is 16.4. The van der Waals surface area contributed by atoms with Crippen molar-refractivity contribution in [3.05, 3.63) is 0 Å². The summed E-state index contributed by atoms with van der Waals surface area (Å²) in [4.78, 5) is 38.3. The molecule has 0 radical (unpaired) electrons. The molecule has 1 unspecified atom stereocenters. The summed E-state index contributed by atoms with van der Waals surface area (Å²) in [5.41, 5.74) is -0.698. The number of amides is 2. The highest BCUT2D eigenvalue weighted by Crippen LogP contribution is 2.28. The van der Waals surface area contributed by atoms with Crippen LogP contribution in [0.1, 0.15) is 34.1 Å². The minimum absolute atomic E-state index is 0.0838. The van der Waals surface area contributed by atoms with Gasteiger partial charge in [-0.25, -0.2) is 0 Å². The van der Waals surface area contributed by atoms with Crippen LogP contribution in [0.4, 0.5) is 0 Å². The molecule has 0 aliphatic heterocycles. The fourth-order valence-corrected chi connectivity index (χ4v) is 1.87. The van der Waals surface area contributed by atoms with Gasteiger partial charge in [-0.1, -0.05) is 27.7 Å². The maximum absolute atomic E-state index is 12.5. The van der Waals surface area contributed by atoms with Crippen molar-refractivity contribution in [1.29, 1.82) is 0 Å². The average Bonchev–Trinajstić information content (AvgIpc) is 2.25. The van der Waals surface area contributed by atoms with Crippen LogP contribution in [-0.4, -0.2) is 59.9 Å². The Morgan fingerprint density at radius 3 is 1.95 bits per heavy atom. The first-order valence-electron chi connectivity index (χ1n) is 6.74. The molecule has 116 valence electrons. The van der Waals surface area contributed by atoms with E-state index in [0.717, 1.165) is 0 Å². The summed E-state index contributed by atoms with van der Waals surface area (Å²) < 4.78 is 0. The lowest BCUT2D eigenvalue weighted by atomic mass is 9.80. The van der Waals surface area contributed by atoms with E-state index in [-0.39, 0.29) is 12.5 Å². The molecule has 0 spiro atoms. The number of carbonyl (C=O) groups is 3. The smallest absolute Gasteiger partial charge is 0.316 e. The summed E-state index contributed by atoms with van der Waals surface area (Å²) in [7, 11) is 3.21. The van der Waals surface area contributed by atoms with Crippen LogP contribution >= 0.6 is 0 Å². The maximum Gasteiger partial charge on any atom is 0.316 e. The zero-order valence-corrected chi connectivity index (χ0v) is 13.3. The predicted molar refractivity (Wildman–Crippen MR) is 76.1 cm³/mol. The third-order valence-electron chi connectivity index (χ3n) is 2.99. The second-order valence-electron chi connectivity index (χ2n) is 6.19. The molecule has 0 aliphatic carbocycles. The molecule has 0 rings (SSSR count). The zero-order valence-electron chi connectivity index (χ0n) is 13.3. The van der Waals surface area contributed by atoms with Gasteiger partial charge in [-0.2, -0.15) is 0 Å². The Kier molecular flexibility index (Phi) is 6.68. The molecule has 0 saturated heterocycles. The molecule has 6 nitrogen and oxygen atoms in total. The second kappa shape index (κ2) is 7.26. The molecule has 0 bridgehead atoms.